The maximum Gasteiger partial charge on any atom is 0.156 e. The molecule has 0 bridgehead atoms. The van der Waals surface area contributed by atoms with Crippen molar-refractivity contribution in [2.75, 3.05) is 13.1 Å². The first-order valence-electron chi connectivity index (χ1n) is 4.90. The van der Waals surface area contributed by atoms with Gasteiger partial charge in [-0.1, -0.05) is 19.0 Å². The lowest BCUT2D eigenvalue weighted by molar-refractivity contribution is 0.266. The number of hydrogen-bond acceptors (Lipinski definition) is 3. The van der Waals surface area contributed by atoms with E-state index in [1.807, 2.05) is 0 Å². The van der Waals surface area contributed by atoms with Gasteiger partial charge in [-0.3, -0.25) is 4.90 Å². The number of likely N-dealkylation sites (tertiary alicyclic amines) is 1. The number of nitrogens with two attached hydrogens (primary N) is 1. The van der Waals surface area contributed by atoms with Crippen molar-refractivity contribution in [3.8, 4) is 0 Å². The molecule has 0 spiro atoms. The van der Waals surface area contributed by atoms with Gasteiger partial charge in [-0.05, 0) is 25.3 Å². The van der Waals surface area contributed by atoms with Crippen LogP contribution in [0.3, 0.4) is 0 Å². The Morgan fingerprint density at radius 2 is 2.46 bits per heavy atom. The van der Waals surface area contributed by atoms with Crippen LogP contribution in [0.25, 0.3) is 0 Å². The van der Waals surface area contributed by atoms with Gasteiger partial charge in [0.05, 0.1) is 6.04 Å². The summed E-state index contributed by atoms with van der Waals surface area (Å²) >= 11 is 0. The molecule has 0 amide bonds. The monoisotopic (exact) mass is 185 g/mol. The van der Waals surface area contributed by atoms with Gasteiger partial charge in [0.15, 0.2) is 5.84 Å². The third-order valence-electron chi connectivity index (χ3n) is 2.74. The molecular weight excluding hydrogens is 166 g/mol. The number of nitrogens with zero attached hydrogens (tertiary/aromatic N) is 2. The quantitative estimate of drug-likeness (QED) is 0.296. The first kappa shape index (κ1) is 10.3. The molecule has 1 saturated heterocycles. The molecule has 76 valence electrons. The van der Waals surface area contributed by atoms with E-state index in [0.717, 1.165) is 25.4 Å². The molecular formula is C9H19N3O. The van der Waals surface area contributed by atoms with Crippen molar-refractivity contribution in [3.63, 3.8) is 0 Å². The van der Waals surface area contributed by atoms with E-state index >= 15 is 0 Å². The van der Waals surface area contributed by atoms with Gasteiger partial charge in [-0.15, -0.1) is 0 Å². The van der Waals surface area contributed by atoms with E-state index in [1.54, 1.807) is 0 Å². The second-order valence-corrected chi connectivity index (χ2v) is 3.84. The molecule has 1 heterocycles. The SMILES string of the molecule is CCC(C(N)=NO)N1CCC(C)C1. The number of hydrogen-bond donors (Lipinski definition) is 2. The molecule has 1 fully saturated rings. The number of oxime groups is 1. The summed E-state index contributed by atoms with van der Waals surface area (Å²) in [5.41, 5.74) is 5.61. The molecule has 4 heteroatoms. The molecule has 13 heavy (non-hydrogen) atoms. The van der Waals surface area contributed by atoms with Crippen LogP contribution < -0.4 is 5.73 Å². The third-order valence-corrected chi connectivity index (χ3v) is 2.74. The highest BCUT2D eigenvalue weighted by atomic mass is 16.4. The molecule has 2 unspecified atom stereocenters. The average Bonchev–Trinajstić information content (AvgIpc) is 2.53. The van der Waals surface area contributed by atoms with Crippen LogP contribution in [0.15, 0.2) is 5.16 Å². The lowest BCUT2D eigenvalue weighted by Gasteiger charge is -2.25. The lowest BCUT2D eigenvalue weighted by atomic mass is 10.1. The summed E-state index contributed by atoms with van der Waals surface area (Å²) in [7, 11) is 0. The molecule has 1 aliphatic heterocycles. The summed E-state index contributed by atoms with van der Waals surface area (Å²) in [5.74, 6) is 1.08. The molecule has 1 rings (SSSR count). The number of amidine groups is 1. The Kier molecular flexibility index (Phi) is 3.54. The average molecular weight is 185 g/mol. The molecule has 0 radical (unpaired) electrons. The Bertz CT molecular complexity index is 193. The summed E-state index contributed by atoms with van der Waals surface area (Å²) in [6, 6.07) is 0.120. The largest absolute Gasteiger partial charge is 0.409 e. The minimum absolute atomic E-state index is 0.120. The normalized spacial score (nSPS) is 27.8. The third kappa shape index (κ3) is 2.34. The van der Waals surface area contributed by atoms with E-state index in [-0.39, 0.29) is 6.04 Å². The van der Waals surface area contributed by atoms with Gasteiger partial charge in [-0.25, -0.2) is 0 Å². The van der Waals surface area contributed by atoms with Crippen LogP contribution in [-0.2, 0) is 0 Å². The van der Waals surface area contributed by atoms with Crippen molar-refractivity contribution in [3.05, 3.63) is 0 Å². The van der Waals surface area contributed by atoms with Gasteiger partial charge in [0.25, 0.3) is 0 Å². The van der Waals surface area contributed by atoms with Crippen LogP contribution in [0.1, 0.15) is 26.7 Å². The fourth-order valence-electron chi connectivity index (χ4n) is 1.97. The first-order valence-corrected chi connectivity index (χ1v) is 4.90. The Labute approximate surface area is 79.4 Å². The summed E-state index contributed by atoms with van der Waals surface area (Å²) in [6.07, 6.45) is 2.12. The highest BCUT2D eigenvalue weighted by molar-refractivity contribution is 5.85. The molecule has 0 aromatic carbocycles. The van der Waals surface area contributed by atoms with Gasteiger partial charge >= 0.3 is 0 Å². The van der Waals surface area contributed by atoms with Gasteiger partial charge in [0.1, 0.15) is 0 Å². The van der Waals surface area contributed by atoms with Crippen LogP contribution in [0, 0.1) is 5.92 Å². The second-order valence-electron chi connectivity index (χ2n) is 3.84. The van der Waals surface area contributed by atoms with Crippen molar-refractivity contribution in [1.82, 2.24) is 4.90 Å². The van der Waals surface area contributed by atoms with Crippen LogP contribution in [0.2, 0.25) is 0 Å². The molecule has 0 saturated carbocycles. The van der Waals surface area contributed by atoms with Gasteiger partial charge in [0, 0.05) is 6.54 Å². The molecule has 2 atom stereocenters. The summed E-state index contributed by atoms with van der Waals surface area (Å²) in [5, 5.41) is 11.7. The van der Waals surface area contributed by atoms with Gasteiger partial charge < -0.3 is 10.9 Å². The fourth-order valence-corrected chi connectivity index (χ4v) is 1.97. The highest BCUT2D eigenvalue weighted by Gasteiger charge is 2.27. The van der Waals surface area contributed by atoms with Crippen LogP contribution in [0.5, 0.6) is 0 Å². The highest BCUT2D eigenvalue weighted by Crippen LogP contribution is 2.19. The molecule has 0 aromatic rings. The minimum atomic E-state index is 0.120. The summed E-state index contributed by atoms with van der Waals surface area (Å²) < 4.78 is 0. The fraction of sp³-hybridized carbons (Fsp3) is 0.889. The maximum absolute atomic E-state index is 8.60. The van der Waals surface area contributed by atoms with Crippen molar-refractivity contribution < 1.29 is 5.21 Å². The Hall–Kier alpha value is -0.770. The molecule has 4 nitrogen and oxygen atoms in total. The first-order chi connectivity index (χ1) is 6.19. The number of rotatable bonds is 3. The summed E-state index contributed by atoms with van der Waals surface area (Å²) in [6.45, 7) is 6.43. The van der Waals surface area contributed by atoms with E-state index < -0.39 is 0 Å². The molecule has 1 aliphatic rings. The van der Waals surface area contributed by atoms with Crippen LogP contribution >= 0.6 is 0 Å². The van der Waals surface area contributed by atoms with E-state index in [9.17, 15) is 0 Å². The van der Waals surface area contributed by atoms with E-state index in [2.05, 4.69) is 23.9 Å². The van der Waals surface area contributed by atoms with E-state index in [4.69, 9.17) is 10.9 Å². The maximum atomic E-state index is 8.60. The van der Waals surface area contributed by atoms with Crippen LogP contribution in [0.4, 0.5) is 0 Å². The predicted molar refractivity (Wildman–Crippen MR) is 52.8 cm³/mol. The predicted octanol–water partition coefficient (Wildman–Crippen LogP) is 0.853. The second kappa shape index (κ2) is 4.46. The molecule has 0 aliphatic carbocycles. The van der Waals surface area contributed by atoms with E-state index in [0.29, 0.717) is 5.84 Å². The van der Waals surface area contributed by atoms with Crippen LogP contribution in [-0.4, -0.2) is 35.1 Å². The van der Waals surface area contributed by atoms with Crippen molar-refractivity contribution in [2.45, 2.75) is 32.7 Å². The molecule has 3 N–H and O–H groups in total. The Balaban J connectivity index is 2.57. The zero-order chi connectivity index (χ0) is 9.84. The lowest BCUT2D eigenvalue weighted by Crippen LogP contribution is -2.43. The van der Waals surface area contributed by atoms with Gasteiger partial charge in [0.2, 0.25) is 0 Å². The zero-order valence-electron chi connectivity index (χ0n) is 8.40. The topological polar surface area (TPSA) is 61.9 Å². The zero-order valence-corrected chi connectivity index (χ0v) is 8.40. The Morgan fingerprint density at radius 3 is 2.85 bits per heavy atom. The standard InChI is InChI=1S/C9H19N3O/c1-3-8(9(10)11-13)12-5-4-7(2)6-12/h7-8,13H,3-6H2,1-2H3,(H2,10,11). The van der Waals surface area contributed by atoms with Crippen molar-refractivity contribution >= 4 is 5.84 Å². The van der Waals surface area contributed by atoms with Crippen molar-refractivity contribution in [2.24, 2.45) is 16.8 Å². The van der Waals surface area contributed by atoms with Crippen molar-refractivity contribution in [1.29, 1.82) is 0 Å². The van der Waals surface area contributed by atoms with E-state index in [1.165, 1.54) is 6.42 Å². The smallest absolute Gasteiger partial charge is 0.156 e. The summed E-state index contributed by atoms with van der Waals surface area (Å²) in [4.78, 5) is 2.29. The molecule has 0 aromatic heterocycles. The Morgan fingerprint density at radius 1 is 1.77 bits per heavy atom. The minimum Gasteiger partial charge on any atom is -0.409 e. The van der Waals surface area contributed by atoms with Gasteiger partial charge in [-0.2, -0.15) is 0 Å².